The van der Waals surface area contributed by atoms with Gasteiger partial charge in [0.25, 0.3) is 0 Å². The van der Waals surface area contributed by atoms with Crippen molar-refractivity contribution >= 4 is 0 Å². The highest BCUT2D eigenvalue weighted by atomic mass is 16.8. The number of ether oxygens (including phenoxy) is 4. The van der Waals surface area contributed by atoms with Crippen molar-refractivity contribution in [3.05, 3.63) is 24.3 Å². The molecule has 1 heterocycles. The summed E-state index contributed by atoms with van der Waals surface area (Å²) in [6, 6.07) is 7.33. The van der Waals surface area contributed by atoms with Crippen molar-refractivity contribution in [3.63, 3.8) is 0 Å². The summed E-state index contributed by atoms with van der Waals surface area (Å²) < 4.78 is 23.3. The van der Waals surface area contributed by atoms with Gasteiger partial charge in [0.1, 0.15) is 17.1 Å². The topological polar surface area (TPSA) is 57.2 Å². The zero-order chi connectivity index (χ0) is 16.0. The van der Waals surface area contributed by atoms with Crippen molar-refractivity contribution in [1.29, 1.82) is 0 Å². The van der Waals surface area contributed by atoms with Crippen LogP contribution in [0.1, 0.15) is 33.6 Å². The van der Waals surface area contributed by atoms with E-state index in [-0.39, 0.29) is 6.10 Å². The molecular formula is C17H24O5. The van der Waals surface area contributed by atoms with Gasteiger partial charge in [0.05, 0.1) is 19.3 Å². The molecule has 0 bridgehead atoms. The number of aliphatic hydroxyl groups is 1. The Balaban J connectivity index is 1.83. The fourth-order valence-corrected chi connectivity index (χ4v) is 3.52. The summed E-state index contributed by atoms with van der Waals surface area (Å²) in [5, 5.41) is 10.4. The lowest BCUT2D eigenvalue weighted by molar-refractivity contribution is -0.188. The molecule has 0 amide bonds. The molecule has 2 aliphatic rings. The van der Waals surface area contributed by atoms with Crippen LogP contribution in [0.2, 0.25) is 0 Å². The molecule has 4 atom stereocenters. The van der Waals surface area contributed by atoms with Gasteiger partial charge >= 0.3 is 0 Å². The molecule has 1 N–H and O–H groups in total. The molecule has 0 radical (unpaired) electrons. The maximum absolute atomic E-state index is 10.4. The third-order valence-corrected chi connectivity index (χ3v) is 4.49. The van der Waals surface area contributed by atoms with Crippen molar-refractivity contribution in [2.24, 2.45) is 0 Å². The van der Waals surface area contributed by atoms with Crippen molar-refractivity contribution in [2.45, 2.75) is 63.3 Å². The van der Waals surface area contributed by atoms with E-state index in [9.17, 15) is 5.11 Å². The van der Waals surface area contributed by atoms with Crippen molar-refractivity contribution in [3.8, 4) is 11.5 Å². The van der Waals surface area contributed by atoms with E-state index in [0.717, 1.165) is 12.2 Å². The van der Waals surface area contributed by atoms with Crippen LogP contribution in [0.3, 0.4) is 0 Å². The second kappa shape index (κ2) is 5.41. The smallest absolute Gasteiger partial charge is 0.164 e. The molecule has 1 aromatic carbocycles. The third-order valence-electron chi connectivity index (χ3n) is 4.49. The molecule has 122 valence electrons. The Kier molecular flexibility index (Phi) is 3.83. The highest BCUT2D eigenvalue weighted by Crippen LogP contribution is 2.46. The molecule has 1 aromatic rings. The first-order valence-electron chi connectivity index (χ1n) is 7.71. The van der Waals surface area contributed by atoms with E-state index in [2.05, 4.69) is 0 Å². The Morgan fingerprint density at radius 3 is 2.36 bits per heavy atom. The molecule has 0 spiro atoms. The minimum Gasteiger partial charge on any atom is -0.497 e. The van der Waals surface area contributed by atoms with Crippen LogP contribution in [-0.4, -0.2) is 41.9 Å². The van der Waals surface area contributed by atoms with E-state index in [0.29, 0.717) is 12.2 Å². The van der Waals surface area contributed by atoms with Crippen LogP contribution in [0.4, 0.5) is 0 Å². The predicted molar refractivity (Wildman–Crippen MR) is 81.1 cm³/mol. The number of fused-ring (bicyclic) bond motifs is 1. The summed E-state index contributed by atoms with van der Waals surface area (Å²) in [5.41, 5.74) is -0.666. The molecule has 0 aromatic heterocycles. The number of methoxy groups -OCH3 is 1. The summed E-state index contributed by atoms with van der Waals surface area (Å²) in [5.74, 6) is 0.785. The molecular weight excluding hydrogens is 284 g/mol. The Bertz CT molecular complexity index is 526. The first-order chi connectivity index (χ1) is 10.3. The summed E-state index contributed by atoms with van der Waals surface area (Å²) in [6.07, 6.45) is 0.279. The highest BCUT2D eigenvalue weighted by Gasteiger charge is 2.59. The molecule has 1 aliphatic heterocycles. The summed E-state index contributed by atoms with van der Waals surface area (Å²) in [7, 11) is 1.62. The lowest BCUT2D eigenvalue weighted by atomic mass is 9.79. The van der Waals surface area contributed by atoms with Gasteiger partial charge in [0.15, 0.2) is 11.9 Å². The zero-order valence-corrected chi connectivity index (χ0v) is 13.5. The average Bonchev–Trinajstić information content (AvgIpc) is 2.72. The molecule has 22 heavy (non-hydrogen) atoms. The van der Waals surface area contributed by atoms with E-state index < -0.39 is 23.6 Å². The first kappa shape index (κ1) is 15.6. The van der Waals surface area contributed by atoms with Gasteiger partial charge in [0, 0.05) is 0 Å². The lowest BCUT2D eigenvalue weighted by Gasteiger charge is -2.43. The number of hydrogen-bond acceptors (Lipinski definition) is 5. The zero-order valence-electron chi connectivity index (χ0n) is 13.5. The summed E-state index contributed by atoms with van der Waals surface area (Å²) in [4.78, 5) is 0. The number of aliphatic hydroxyl groups excluding tert-OH is 1. The molecule has 3 rings (SSSR count). The highest BCUT2D eigenvalue weighted by molar-refractivity contribution is 5.31. The van der Waals surface area contributed by atoms with E-state index in [1.54, 1.807) is 7.11 Å². The van der Waals surface area contributed by atoms with Gasteiger partial charge in [-0.3, -0.25) is 0 Å². The molecule has 0 unspecified atom stereocenters. The SMILES string of the molecule is COc1ccc(O[C@@H]2[C@H](O)CC[C@H]3OC(C)(C)O[C@@]23C)cc1. The molecule has 5 heteroatoms. The molecule has 2 fully saturated rings. The summed E-state index contributed by atoms with van der Waals surface area (Å²) >= 11 is 0. The monoisotopic (exact) mass is 308 g/mol. The van der Waals surface area contributed by atoms with Gasteiger partial charge in [-0.1, -0.05) is 0 Å². The predicted octanol–water partition coefficient (Wildman–Crippen LogP) is 2.51. The maximum Gasteiger partial charge on any atom is 0.164 e. The second-order valence-corrected chi connectivity index (χ2v) is 6.65. The Hall–Kier alpha value is -1.30. The maximum atomic E-state index is 10.4. The Morgan fingerprint density at radius 1 is 1.09 bits per heavy atom. The minimum absolute atomic E-state index is 0.0749. The second-order valence-electron chi connectivity index (χ2n) is 6.65. The lowest BCUT2D eigenvalue weighted by Crippen LogP contribution is -2.59. The van der Waals surface area contributed by atoms with Gasteiger partial charge < -0.3 is 24.1 Å². The van der Waals surface area contributed by atoms with Gasteiger partial charge in [-0.25, -0.2) is 0 Å². The largest absolute Gasteiger partial charge is 0.497 e. The third kappa shape index (κ3) is 2.69. The van der Waals surface area contributed by atoms with Crippen molar-refractivity contribution in [1.82, 2.24) is 0 Å². The van der Waals surface area contributed by atoms with Crippen LogP contribution in [0.15, 0.2) is 24.3 Å². The fraction of sp³-hybridized carbons (Fsp3) is 0.647. The van der Waals surface area contributed by atoms with Gasteiger partial charge in [-0.15, -0.1) is 0 Å². The average molecular weight is 308 g/mol. The van der Waals surface area contributed by atoms with Crippen molar-refractivity contribution in [2.75, 3.05) is 7.11 Å². The van der Waals surface area contributed by atoms with Crippen LogP contribution < -0.4 is 9.47 Å². The van der Waals surface area contributed by atoms with Crippen molar-refractivity contribution < 1.29 is 24.1 Å². The normalized spacial score (nSPS) is 36.7. The number of benzene rings is 1. The van der Waals surface area contributed by atoms with Crippen LogP contribution in [-0.2, 0) is 9.47 Å². The van der Waals surface area contributed by atoms with Crippen LogP contribution in [0.5, 0.6) is 11.5 Å². The Morgan fingerprint density at radius 2 is 1.73 bits per heavy atom. The molecule has 5 nitrogen and oxygen atoms in total. The number of hydrogen-bond donors (Lipinski definition) is 1. The van der Waals surface area contributed by atoms with Crippen LogP contribution >= 0.6 is 0 Å². The summed E-state index contributed by atoms with van der Waals surface area (Å²) in [6.45, 7) is 5.75. The molecule has 1 saturated heterocycles. The van der Waals surface area contributed by atoms with E-state index in [1.165, 1.54) is 0 Å². The number of rotatable bonds is 3. The standard InChI is InChI=1S/C17H24O5/c1-16(2)21-14-10-9-13(18)15(17(14,3)22-16)20-12-7-5-11(19-4)6-8-12/h5-8,13-15,18H,9-10H2,1-4H3/t13-,14-,15-,17-/m1/s1. The van der Waals surface area contributed by atoms with E-state index in [1.807, 2.05) is 45.0 Å². The van der Waals surface area contributed by atoms with E-state index in [4.69, 9.17) is 18.9 Å². The van der Waals surface area contributed by atoms with E-state index >= 15 is 0 Å². The van der Waals surface area contributed by atoms with Gasteiger partial charge in [-0.2, -0.15) is 0 Å². The van der Waals surface area contributed by atoms with Crippen LogP contribution in [0.25, 0.3) is 0 Å². The fourth-order valence-electron chi connectivity index (χ4n) is 3.52. The van der Waals surface area contributed by atoms with Gasteiger partial charge in [0.2, 0.25) is 0 Å². The van der Waals surface area contributed by atoms with Gasteiger partial charge in [-0.05, 0) is 57.9 Å². The molecule has 1 saturated carbocycles. The Labute approximate surface area is 131 Å². The van der Waals surface area contributed by atoms with Crippen LogP contribution in [0, 0.1) is 0 Å². The quantitative estimate of drug-likeness (QED) is 0.930. The minimum atomic E-state index is -0.666. The first-order valence-corrected chi connectivity index (χ1v) is 7.71. The molecule has 1 aliphatic carbocycles.